The summed E-state index contributed by atoms with van der Waals surface area (Å²) < 4.78 is 1.76. The largest absolute Gasteiger partial charge is 0.504 e. The number of phenols is 2. The molecule has 6 nitrogen and oxygen atoms in total. The van der Waals surface area contributed by atoms with Gasteiger partial charge in [0.25, 0.3) is 0 Å². The zero-order valence-corrected chi connectivity index (χ0v) is 10.4. The lowest BCUT2D eigenvalue weighted by Gasteiger charge is -2.04. The average molecular weight is 264 g/mol. The molecule has 0 atom stereocenters. The van der Waals surface area contributed by atoms with Crippen LogP contribution in [0.4, 0.5) is 0 Å². The van der Waals surface area contributed by atoms with Crippen molar-refractivity contribution in [2.24, 2.45) is 17.8 Å². The lowest BCUT2D eigenvalue weighted by molar-refractivity contribution is 0.404. The van der Waals surface area contributed by atoms with E-state index < -0.39 is 0 Å². The zero-order valence-electron chi connectivity index (χ0n) is 9.58. The first-order valence-corrected chi connectivity index (χ1v) is 5.92. The summed E-state index contributed by atoms with van der Waals surface area (Å²) in [6.07, 6.45) is 0. The van der Waals surface area contributed by atoms with Crippen LogP contribution >= 0.6 is 11.3 Å². The molecule has 5 N–H and O–H groups in total. The van der Waals surface area contributed by atoms with Crippen molar-refractivity contribution in [2.75, 3.05) is 0 Å². The minimum Gasteiger partial charge on any atom is -0.504 e. The molecule has 94 valence electrons. The highest BCUT2D eigenvalue weighted by atomic mass is 32.1. The molecule has 0 amide bonds. The summed E-state index contributed by atoms with van der Waals surface area (Å²) in [6, 6.07) is 4.58. The summed E-state index contributed by atoms with van der Waals surface area (Å²) in [5.41, 5.74) is 6.78. The van der Waals surface area contributed by atoms with Crippen LogP contribution in [0.5, 0.6) is 11.5 Å². The fraction of sp³-hybridized carbons (Fsp3) is 0.0909. The van der Waals surface area contributed by atoms with Crippen LogP contribution in [0.1, 0.15) is 0 Å². The second kappa shape index (κ2) is 4.53. The third-order valence-electron chi connectivity index (χ3n) is 2.41. The smallest absolute Gasteiger partial charge is 0.215 e. The number of hydrogen-bond acceptors (Lipinski definition) is 4. The van der Waals surface area contributed by atoms with Gasteiger partial charge >= 0.3 is 0 Å². The molecule has 1 aromatic carbocycles. The van der Waals surface area contributed by atoms with Crippen molar-refractivity contribution in [1.82, 2.24) is 4.57 Å². The van der Waals surface area contributed by atoms with E-state index in [1.54, 1.807) is 17.7 Å². The molecule has 0 radical (unpaired) electrons. The molecule has 1 aromatic heterocycles. The number of phenolic OH excluding ortho intramolecular Hbond substituents is 2. The van der Waals surface area contributed by atoms with E-state index in [0.717, 1.165) is 11.3 Å². The van der Waals surface area contributed by atoms with Crippen molar-refractivity contribution in [3.63, 3.8) is 0 Å². The minimum absolute atomic E-state index is 0.162. The van der Waals surface area contributed by atoms with E-state index in [1.165, 1.54) is 23.5 Å². The average Bonchev–Trinajstić information content (AvgIpc) is 2.64. The maximum absolute atomic E-state index is 9.47. The minimum atomic E-state index is -0.257. The van der Waals surface area contributed by atoms with E-state index in [9.17, 15) is 10.2 Å². The van der Waals surface area contributed by atoms with E-state index in [0.29, 0.717) is 4.80 Å². The predicted molar refractivity (Wildman–Crippen MR) is 69.5 cm³/mol. The van der Waals surface area contributed by atoms with Crippen molar-refractivity contribution >= 4 is 17.3 Å². The number of thiazole rings is 1. The third kappa shape index (κ3) is 2.21. The van der Waals surface area contributed by atoms with Crippen LogP contribution in [0, 0.1) is 5.41 Å². The van der Waals surface area contributed by atoms with E-state index in [1.807, 2.05) is 5.38 Å². The number of hydrogen-bond donors (Lipinski definition) is 4. The first-order chi connectivity index (χ1) is 8.49. The number of aromatic hydroxyl groups is 2. The Morgan fingerprint density at radius 1 is 1.39 bits per heavy atom. The van der Waals surface area contributed by atoms with Gasteiger partial charge in [-0.05, 0) is 18.2 Å². The number of nitrogens with two attached hydrogens (primary N) is 1. The van der Waals surface area contributed by atoms with E-state index in [-0.39, 0.29) is 17.5 Å². The van der Waals surface area contributed by atoms with Crippen LogP contribution in [0.15, 0.2) is 28.6 Å². The van der Waals surface area contributed by atoms with Gasteiger partial charge in [0.2, 0.25) is 5.96 Å². The van der Waals surface area contributed by atoms with Crippen molar-refractivity contribution in [1.29, 1.82) is 5.41 Å². The molecule has 2 aromatic rings. The number of rotatable bonds is 1. The standard InChI is InChI=1S/C11H12N4O2S/c1-15-7(5-18-11(15)14-10(12)13)6-2-3-8(16)9(17)4-6/h2-5,16-17H,1H3,(H3,12,13)/b14-11+. The van der Waals surface area contributed by atoms with Crippen LogP contribution in [-0.4, -0.2) is 20.7 Å². The highest BCUT2D eigenvalue weighted by Crippen LogP contribution is 2.30. The normalized spacial score (nSPS) is 11.7. The molecular weight excluding hydrogens is 252 g/mol. The number of nitrogens with one attached hydrogen (secondary N) is 1. The van der Waals surface area contributed by atoms with Crippen molar-refractivity contribution in [2.45, 2.75) is 0 Å². The van der Waals surface area contributed by atoms with E-state index in [4.69, 9.17) is 11.1 Å². The molecule has 1 heterocycles. The Kier molecular flexibility index (Phi) is 3.07. The number of nitrogens with zero attached hydrogens (tertiary/aromatic N) is 2. The van der Waals surface area contributed by atoms with E-state index in [2.05, 4.69) is 4.99 Å². The molecule has 2 rings (SSSR count). The topological polar surface area (TPSA) is 108 Å². The predicted octanol–water partition coefficient (Wildman–Crippen LogP) is 0.959. The Balaban J connectivity index is 2.55. The SMILES string of the molecule is Cn1c(-c2ccc(O)c(O)c2)cs/c1=N/C(=N)N. The van der Waals surface area contributed by atoms with Gasteiger partial charge in [-0.2, -0.15) is 4.99 Å². The Hall–Kier alpha value is -2.28. The monoisotopic (exact) mass is 264 g/mol. The molecule has 0 saturated heterocycles. The molecule has 0 aliphatic carbocycles. The zero-order chi connectivity index (χ0) is 13.3. The summed E-state index contributed by atoms with van der Waals surface area (Å²) in [4.78, 5) is 4.46. The molecule has 0 fully saturated rings. The van der Waals surface area contributed by atoms with Crippen LogP contribution in [-0.2, 0) is 7.05 Å². The molecular formula is C11H12N4O2S. The first kappa shape index (κ1) is 12.2. The second-order valence-corrected chi connectivity index (χ2v) is 4.50. The molecule has 0 aliphatic rings. The molecule has 0 saturated carbocycles. The highest BCUT2D eigenvalue weighted by Gasteiger charge is 2.07. The molecule has 18 heavy (non-hydrogen) atoms. The quantitative estimate of drug-likeness (QED) is 0.350. The van der Waals surface area contributed by atoms with Gasteiger partial charge in [0.05, 0.1) is 5.69 Å². The Morgan fingerprint density at radius 2 is 2.11 bits per heavy atom. The summed E-state index contributed by atoms with van der Waals surface area (Å²) in [7, 11) is 1.79. The molecule has 0 unspecified atom stereocenters. The lowest BCUT2D eigenvalue weighted by atomic mass is 10.1. The van der Waals surface area contributed by atoms with Gasteiger partial charge in [-0.25, -0.2) is 0 Å². The summed E-state index contributed by atoms with van der Waals surface area (Å²) >= 11 is 1.34. The second-order valence-electron chi connectivity index (χ2n) is 3.66. The van der Waals surface area contributed by atoms with Gasteiger partial charge < -0.3 is 20.5 Å². The number of aromatic nitrogens is 1. The molecule has 7 heteroatoms. The van der Waals surface area contributed by atoms with Gasteiger partial charge in [-0.1, -0.05) is 0 Å². The first-order valence-electron chi connectivity index (χ1n) is 5.04. The summed E-state index contributed by atoms with van der Waals surface area (Å²) in [5, 5.41) is 27.7. The van der Waals surface area contributed by atoms with Crippen molar-refractivity contribution in [3.05, 3.63) is 28.4 Å². The van der Waals surface area contributed by atoms with Gasteiger partial charge in [0.15, 0.2) is 16.3 Å². The Labute approximate surface area is 107 Å². The summed E-state index contributed by atoms with van der Waals surface area (Å²) in [6.45, 7) is 0. The van der Waals surface area contributed by atoms with Gasteiger partial charge in [-0.15, -0.1) is 11.3 Å². The van der Waals surface area contributed by atoms with Crippen molar-refractivity contribution < 1.29 is 10.2 Å². The summed E-state index contributed by atoms with van der Waals surface area (Å²) in [5.74, 6) is -0.596. The number of guanidine groups is 1. The Morgan fingerprint density at radius 3 is 2.72 bits per heavy atom. The van der Waals surface area contributed by atoms with Crippen molar-refractivity contribution in [3.8, 4) is 22.8 Å². The van der Waals surface area contributed by atoms with Crippen LogP contribution in [0.3, 0.4) is 0 Å². The van der Waals surface area contributed by atoms with Crippen LogP contribution in [0.2, 0.25) is 0 Å². The highest BCUT2D eigenvalue weighted by molar-refractivity contribution is 7.07. The maximum Gasteiger partial charge on any atom is 0.215 e. The van der Waals surface area contributed by atoms with Crippen LogP contribution < -0.4 is 10.5 Å². The third-order valence-corrected chi connectivity index (χ3v) is 3.33. The van der Waals surface area contributed by atoms with Crippen LogP contribution in [0.25, 0.3) is 11.3 Å². The molecule has 0 aliphatic heterocycles. The van der Waals surface area contributed by atoms with Gasteiger partial charge in [-0.3, -0.25) is 5.41 Å². The fourth-order valence-corrected chi connectivity index (χ4v) is 2.44. The van der Waals surface area contributed by atoms with Gasteiger partial charge in [0, 0.05) is 18.0 Å². The maximum atomic E-state index is 9.47. The van der Waals surface area contributed by atoms with Gasteiger partial charge in [0.1, 0.15) is 0 Å². The van der Waals surface area contributed by atoms with E-state index >= 15 is 0 Å². The molecule has 0 spiro atoms. The lowest BCUT2D eigenvalue weighted by Crippen LogP contribution is -2.17. The Bertz CT molecular complexity index is 672. The fourth-order valence-electron chi connectivity index (χ4n) is 1.52. The number of benzene rings is 1. The molecule has 0 bridgehead atoms.